The maximum Gasteiger partial charge on any atom is 0.251 e. The average Bonchev–Trinajstić information content (AvgIpc) is 2.49. The summed E-state index contributed by atoms with van der Waals surface area (Å²) in [6, 6.07) is 3.28. The molecule has 0 unspecified atom stereocenters. The van der Waals surface area contributed by atoms with E-state index in [4.69, 9.17) is 4.42 Å². The molecule has 4 nitrogen and oxygen atoms in total. The quantitative estimate of drug-likeness (QED) is 0.743. The highest BCUT2D eigenvalue weighted by molar-refractivity contribution is 5.51. The molecule has 0 bridgehead atoms. The van der Waals surface area contributed by atoms with E-state index in [2.05, 4.69) is 9.97 Å². The molecular formula is C10H10N2O2. The van der Waals surface area contributed by atoms with Gasteiger partial charge < -0.3 is 9.40 Å². The molecule has 0 atom stereocenters. The molecule has 0 aliphatic carbocycles. The van der Waals surface area contributed by atoms with Crippen molar-refractivity contribution in [1.29, 1.82) is 0 Å². The fraction of sp³-hybridized carbons (Fsp3) is 0.200. The SMILES string of the molecule is Cc1cc(=O)[nH]c(-c2occc2C)n1. The summed E-state index contributed by atoms with van der Waals surface area (Å²) < 4.78 is 5.23. The third kappa shape index (κ3) is 1.46. The molecule has 0 aromatic carbocycles. The molecule has 0 saturated heterocycles. The van der Waals surface area contributed by atoms with Gasteiger partial charge in [-0.25, -0.2) is 4.98 Å². The number of furan rings is 1. The van der Waals surface area contributed by atoms with Gasteiger partial charge in [-0.2, -0.15) is 0 Å². The molecule has 2 heterocycles. The molecule has 14 heavy (non-hydrogen) atoms. The van der Waals surface area contributed by atoms with Crippen LogP contribution >= 0.6 is 0 Å². The van der Waals surface area contributed by atoms with Crippen molar-refractivity contribution in [3.8, 4) is 11.6 Å². The van der Waals surface area contributed by atoms with Gasteiger partial charge in [-0.3, -0.25) is 4.79 Å². The second kappa shape index (κ2) is 3.14. The van der Waals surface area contributed by atoms with Crippen LogP contribution in [0.1, 0.15) is 11.3 Å². The van der Waals surface area contributed by atoms with Gasteiger partial charge in [0.05, 0.1) is 6.26 Å². The van der Waals surface area contributed by atoms with E-state index in [1.165, 1.54) is 6.07 Å². The number of hydrogen-bond donors (Lipinski definition) is 1. The molecule has 0 aliphatic rings. The standard InChI is InChI=1S/C10H10N2O2/c1-6-3-4-14-9(6)10-11-7(2)5-8(13)12-10/h3-5H,1-2H3,(H,11,12,13). The van der Waals surface area contributed by atoms with Crippen molar-refractivity contribution in [2.45, 2.75) is 13.8 Å². The molecule has 0 saturated carbocycles. The van der Waals surface area contributed by atoms with Crippen molar-refractivity contribution < 1.29 is 4.42 Å². The predicted molar refractivity (Wildman–Crippen MR) is 52.0 cm³/mol. The van der Waals surface area contributed by atoms with Crippen molar-refractivity contribution in [2.75, 3.05) is 0 Å². The first-order valence-corrected chi connectivity index (χ1v) is 4.29. The van der Waals surface area contributed by atoms with Crippen LogP contribution in [-0.2, 0) is 0 Å². The number of H-pyrrole nitrogens is 1. The molecule has 1 N–H and O–H groups in total. The van der Waals surface area contributed by atoms with Crippen LogP contribution in [0.4, 0.5) is 0 Å². The molecule has 2 aromatic rings. The van der Waals surface area contributed by atoms with Crippen LogP contribution in [-0.4, -0.2) is 9.97 Å². The topological polar surface area (TPSA) is 58.9 Å². The Morgan fingerprint density at radius 2 is 2.21 bits per heavy atom. The summed E-state index contributed by atoms with van der Waals surface area (Å²) in [5, 5.41) is 0. The molecule has 72 valence electrons. The van der Waals surface area contributed by atoms with E-state index in [0.717, 1.165) is 5.56 Å². The zero-order valence-corrected chi connectivity index (χ0v) is 8.00. The van der Waals surface area contributed by atoms with Crippen LogP contribution in [0.2, 0.25) is 0 Å². The smallest absolute Gasteiger partial charge is 0.251 e. The highest BCUT2D eigenvalue weighted by Gasteiger charge is 2.08. The number of rotatable bonds is 1. The van der Waals surface area contributed by atoms with Crippen LogP contribution in [0, 0.1) is 13.8 Å². The van der Waals surface area contributed by atoms with Crippen LogP contribution in [0.15, 0.2) is 27.6 Å². The third-order valence-electron chi connectivity index (χ3n) is 1.95. The van der Waals surface area contributed by atoms with E-state index in [1.807, 2.05) is 13.0 Å². The van der Waals surface area contributed by atoms with E-state index < -0.39 is 0 Å². The lowest BCUT2D eigenvalue weighted by molar-refractivity contribution is 0.575. The van der Waals surface area contributed by atoms with Gasteiger partial charge >= 0.3 is 0 Å². The lowest BCUT2D eigenvalue weighted by atomic mass is 10.2. The van der Waals surface area contributed by atoms with Gasteiger partial charge in [0, 0.05) is 11.8 Å². The van der Waals surface area contributed by atoms with Crippen molar-refractivity contribution >= 4 is 0 Å². The summed E-state index contributed by atoms with van der Waals surface area (Å²) >= 11 is 0. The number of nitrogens with zero attached hydrogens (tertiary/aromatic N) is 1. The molecule has 0 radical (unpaired) electrons. The van der Waals surface area contributed by atoms with Crippen molar-refractivity contribution in [2.24, 2.45) is 0 Å². The molecule has 2 rings (SSSR count). The first-order valence-electron chi connectivity index (χ1n) is 4.29. The Morgan fingerprint density at radius 3 is 2.79 bits per heavy atom. The molecular weight excluding hydrogens is 180 g/mol. The van der Waals surface area contributed by atoms with Gasteiger partial charge in [0.2, 0.25) is 0 Å². The van der Waals surface area contributed by atoms with Crippen LogP contribution in [0.3, 0.4) is 0 Å². The maximum atomic E-state index is 11.2. The summed E-state index contributed by atoms with van der Waals surface area (Å²) in [5.74, 6) is 1.10. The molecule has 2 aromatic heterocycles. The lowest BCUT2D eigenvalue weighted by Crippen LogP contribution is -2.08. The molecule has 0 spiro atoms. The number of aromatic amines is 1. The second-order valence-electron chi connectivity index (χ2n) is 3.17. The second-order valence-corrected chi connectivity index (χ2v) is 3.17. The van der Waals surface area contributed by atoms with Crippen molar-refractivity contribution in [1.82, 2.24) is 9.97 Å². The van der Waals surface area contributed by atoms with E-state index >= 15 is 0 Å². The van der Waals surface area contributed by atoms with Gasteiger partial charge in [-0.1, -0.05) is 0 Å². The normalized spacial score (nSPS) is 10.4. The summed E-state index contributed by atoms with van der Waals surface area (Å²) in [7, 11) is 0. The van der Waals surface area contributed by atoms with Crippen molar-refractivity contribution in [3.05, 3.63) is 40.0 Å². The first-order chi connectivity index (χ1) is 6.66. The van der Waals surface area contributed by atoms with Crippen LogP contribution in [0.25, 0.3) is 11.6 Å². The van der Waals surface area contributed by atoms with Gasteiger partial charge in [-0.15, -0.1) is 0 Å². The minimum atomic E-state index is -0.164. The fourth-order valence-corrected chi connectivity index (χ4v) is 1.30. The minimum Gasteiger partial charge on any atom is -0.461 e. The highest BCUT2D eigenvalue weighted by atomic mass is 16.3. The molecule has 0 amide bonds. The van der Waals surface area contributed by atoms with Gasteiger partial charge in [0.25, 0.3) is 5.56 Å². The summed E-state index contributed by atoms with van der Waals surface area (Å²) in [4.78, 5) is 18.0. The Morgan fingerprint density at radius 1 is 1.43 bits per heavy atom. The van der Waals surface area contributed by atoms with E-state index in [9.17, 15) is 4.79 Å². The molecule has 0 fully saturated rings. The summed E-state index contributed by atoms with van der Waals surface area (Å²) in [5.41, 5.74) is 1.47. The Bertz CT molecular complexity index is 511. The van der Waals surface area contributed by atoms with E-state index in [1.54, 1.807) is 13.2 Å². The fourth-order valence-electron chi connectivity index (χ4n) is 1.30. The number of aromatic nitrogens is 2. The minimum absolute atomic E-state index is 0.164. The molecule has 4 heteroatoms. The van der Waals surface area contributed by atoms with Gasteiger partial charge in [0.1, 0.15) is 0 Å². The zero-order chi connectivity index (χ0) is 10.1. The Kier molecular flexibility index (Phi) is 1.96. The predicted octanol–water partition coefficient (Wildman–Crippen LogP) is 1.65. The number of aryl methyl sites for hydroxylation is 2. The zero-order valence-electron chi connectivity index (χ0n) is 8.00. The highest BCUT2D eigenvalue weighted by Crippen LogP contribution is 2.19. The van der Waals surface area contributed by atoms with E-state index in [-0.39, 0.29) is 5.56 Å². The van der Waals surface area contributed by atoms with Gasteiger partial charge in [-0.05, 0) is 25.5 Å². The summed E-state index contributed by atoms with van der Waals surface area (Å²) in [6.07, 6.45) is 1.58. The Hall–Kier alpha value is -1.84. The molecule has 0 aliphatic heterocycles. The largest absolute Gasteiger partial charge is 0.461 e. The Balaban J connectivity index is 2.63. The monoisotopic (exact) mass is 190 g/mol. The van der Waals surface area contributed by atoms with Gasteiger partial charge in [0.15, 0.2) is 11.6 Å². The maximum absolute atomic E-state index is 11.2. The number of hydrogen-bond acceptors (Lipinski definition) is 3. The summed E-state index contributed by atoms with van der Waals surface area (Å²) in [6.45, 7) is 3.68. The first kappa shape index (κ1) is 8.74. The number of nitrogens with one attached hydrogen (secondary N) is 1. The van der Waals surface area contributed by atoms with E-state index in [0.29, 0.717) is 17.3 Å². The van der Waals surface area contributed by atoms with Crippen LogP contribution < -0.4 is 5.56 Å². The van der Waals surface area contributed by atoms with Crippen LogP contribution in [0.5, 0.6) is 0 Å². The third-order valence-corrected chi connectivity index (χ3v) is 1.95. The Labute approximate surface area is 80.6 Å². The lowest BCUT2D eigenvalue weighted by Gasteiger charge is -1.98. The average molecular weight is 190 g/mol. The van der Waals surface area contributed by atoms with Crippen molar-refractivity contribution in [3.63, 3.8) is 0 Å².